The van der Waals surface area contributed by atoms with Crippen molar-refractivity contribution < 1.29 is 18.3 Å². The number of alkyl halides is 2. The summed E-state index contributed by atoms with van der Waals surface area (Å²) in [5.74, 6) is 1.10. The second-order valence-electron chi connectivity index (χ2n) is 5.68. The molecule has 0 aromatic heterocycles. The van der Waals surface area contributed by atoms with Crippen LogP contribution in [0.5, 0.6) is 11.5 Å². The van der Waals surface area contributed by atoms with Gasteiger partial charge in [-0.05, 0) is 50.2 Å². The quantitative estimate of drug-likeness (QED) is 0.679. The molecule has 2 aromatic carbocycles. The smallest absolute Gasteiger partial charge is 0.387 e. The van der Waals surface area contributed by atoms with Gasteiger partial charge in [0.05, 0.1) is 7.11 Å². The van der Waals surface area contributed by atoms with Gasteiger partial charge in [0.1, 0.15) is 11.5 Å². The van der Waals surface area contributed by atoms with E-state index in [9.17, 15) is 8.78 Å². The second kappa shape index (κ2) is 9.23. The molecule has 0 aliphatic carbocycles. The highest BCUT2D eigenvalue weighted by atomic mass is 19.3. The Labute approximate surface area is 141 Å². The summed E-state index contributed by atoms with van der Waals surface area (Å²) >= 11 is 0. The number of halogens is 2. The third-order valence-electron chi connectivity index (χ3n) is 3.79. The Balaban J connectivity index is 1.81. The van der Waals surface area contributed by atoms with Crippen LogP contribution < -0.4 is 9.47 Å². The highest BCUT2D eigenvalue weighted by molar-refractivity contribution is 5.33. The standard InChI is InChI=1S/C19H23F2NO2/c1-22(13-5-6-15-9-11-17(23-2)12-10-15)14-16-7-3-4-8-18(16)24-19(20)21/h3-4,7-12,19H,5-6,13-14H2,1-2H3. The van der Waals surface area contributed by atoms with Crippen LogP contribution in [0.25, 0.3) is 0 Å². The fourth-order valence-corrected chi connectivity index (χ4v) is 2.56. The minimum absolute atomic E-state index is 0.245. The molecule has 0 radical (unpaired) electrons. The maximum atomic E-state index is 12.4. The molecule has 24 heavy (non-hydrogen) atoms. The molecule has 0 saturated heterocycles. The van der Waals surface area contributed by atoms with Crippen molar-refractivity contribution in [3.63, 3.8) is 0 Å². The Hall–Kier alpha value is -2.14. The lowest BCUT2D eigenvalue weighted by molar-refractivity contribution is -0.0507. The van der Waals surface area contributed by atoms with Crippen LogP contribution in [-0.2, 0) is 13.0 Å². The van der Waals surface area contributed by atoms with Crippen molar-refractivity contribution in [2.75, 3.05) is 20.7 Å². The summed E-state index contributed by atoms with van der Waals surface area (Å²) in [5.41, 5.74) is 2.02. The molecule has 0 amide bonds. The van der Waals surface area contributed by atoms with Crippen LogP contribution in [0.15, 0.2) is 48.5 Å². The summed E-state index contributed by atoms with van der Waals surface area (Å²) in [7, 11) is 3.63. The van der Waals surface area contributed by atoms with E-state index in [0.717, 1.165) is 30.7 Å². The molecule has 3 nitrogen and oxygen atoms in total. The zero-order valence-electron chi connectivity index (χ0n) is 14.0. The van der Waals surface area contributed by atoms with E-state index in [0.29, 0.717) is 6.54 Å². The Morgan fingerprint density at radius 1 is 1.04 bits per heavy atom. The Kier molecular flexibility index (Phi) is 7.00. The summed E-state index contributed by atoms with van der Waals surface area (Å²) in [5, 5.41) is 0. The Bertz CT molecular complexity index is 617. The summed E-state index contributed by atoms with van der Waals surface area (Å²) in [6.07, 6.45) is 1.95. The molecule has 0 unspecified atom stereocenters. The van der Waals surface area contributed by atoms with Crippen LogP contribution in [-0.4, -0.2) is 32.2 Å². The SMILES string of the molecule is COc1ccc(CCCN(C)Cc2ccccc2OC(F)F)cc1. The number of hydrogen-bond acceptors (Lipinski definition) is 3. The van der Waals surface area contributed by atoms with Gasteiger partial charge in [0.2, 0.25) is 0 Å². The summed E-state index contributed by atoms with van der Waals surface area (Å²) in [6.45, 7) is -1.35. The predicted octanol–water partition coefficient (Wildman–Crippen LogP) is 4.36. The zero-order valence-corrected chi connectivity index (χ0v) is 14.0. The molecule has 0 atom stereocenters. The molecule has 0 aliphatic heterocycles. The lowest BCUT2D eigenvalue weighted by Gasteiger charge is -2.19. The van der Waals surface area contributed by atoms with Crippen LogP contribution in [0.3, 0.4) is 0 Å². The van der Waals surface area contributed by atoms with Crippen molar-refractivity contribution in [3.8, 4) is 11.5 Å². The van der Waals surface area contributed by atoms with Crippen LogP contribution in [0, 0.1) is 0 Å². The lowest BCUT2D eigenvalue weighted by Crippen LogP contribution is -2.20. The molecule has 5 heteroatoms. The highest BCUT2D eigenvalue weighted by Crippen LogP contribution is 2.21. The van der Waals surface area contributed by atoms with E-state index in [4.69, 9.17) is 4.74 Å². The molecule has 0 fully saturated rings. The van der Waals surface area contributed by atoms with Crippen molar-refractivity contribution in [2.24, 2.45) is 0 Å². The first-order valence-electron chi connectivity index (χ1n) is 7.92. The average Bonchev–Trinajstić information content (AvgIpc) is 2.57. The van der Waals surface area contributed by atoms with Gasteiger partial charge in [-0.2, -0.15) is 8.78 Å². The fraction of sp³-hybridized carbons (Fsp3) is 0.368. The van der Waals surface area contributed by atoms with Gasteiger partial charge in [-0.25, -0.2) is 0 Å². The minimum atomic E-state index is -2.80. The minimum Gasteiger partial charge on any atom is -0.497 e. The molecular formula is C19H23F2NO2. The number of aryl methyl sites for hydroxylation is 1. The van der Waals surface area contributed by atoms with Gasteiger partial charge < -0.3 is 14.4 Å². The van der Waals surface area contributed by atoms with E-state index in [1.807, 2.05) is 31.3 Å². The maximum absolute atomic E-state index is 12.4. The number of para-hydroxylation sites is 1. The van der Waals surface area contributed by atoms with Crippen molar-refractivity contribution in [1.29, 1.82) is 0 Å². The fourth-order valence-electron chi connectivity index (χ4n) is 2.56. The van der Waals surface area contributed by atoms with Crippen LogP contribution in [0.1, 0.15) is 17.5 Å². The molecule has 0 bridgehead atoms. The molecule has 0 saturated carbocycles. The van der Waals surface area contributed by atoms with Gasteiger partial charge in [-0.15, -0.1) is 0 Å². The molecule has 0 N–H and O–H groups in total. The van der Waals surface area contributed by atoms with E-state index in [2.05, 4.69) is 21.8 Å². The van der Waals surface area contributed by atoms with E-state index in [1.54, 1.807) is 19.2 Å². The third-order valence-corrected chi connectivity index (χ3v) is 3.79. The van der Waals surface area contributed by atoms with Gasteiger partial charge in [-0.3, -0.25) is 0 Å². The lowest BCUT2D eigenvalue weighted by atomic mass is 10.1. The normalized spacial score (nSPS) is 11.1. The first-order chi connectivity index (χ1) is 11.6. The van der Waals surface area contributed by atoms with Gasteiger partial charge in [-0.1, -0.05) is 30.3 Å². The number of hydrogen-bond donors (Lipinski definition) is 0. The average molecular weight is 335 g/mol. The van der Waals surface area contributed by atoms with Crippen molar-refractivity contribution in [2.45, 2.75) is 26.0 Å². The van der Waals surface area contributed by atoms with Gasteiger partial charge >= 0.3 is 6.61 Å². The Morgan fingerprint density at radius 2 is 1.75 bits per heavy atom. The second-order valence-corrected chi connectivity index (χ2v) is 5.68. The monoisotopic (exact) mass is 335 g/mol. The number of benzene rings is 2. The molecule has 0 heterocycles. The first kappa shape index (κ1) is 18.2. The van der Waals surface area contributed by atoms with Crippen LogP contribution >= 0.6 is 0 Å². The first-order valence-corrected chi connectivity index (χ1v) is 7.92. The Morgan fingerprint density at radius 3 is 2.42 bits per heavy atom. The molecule has 2 rings (SSSR count). The summed E-state index contributed by atoms with van der Waals surface area (Å²) in [6, 6.07) is 15.0. The largest absolute Gasteiger partial charge is 0.497 e. The molecular weight excluding hydrogens is 312 g/mol. The molecule has 0 aliphatic rings. The van der Waals surface area contributed by atoms with E-state index >= 15 is 0 Å². The molecule has 0 spiro atoms. The highest BCUT2D eigenvalue weighted by Gasteiger charge is 2.10. The van der Waals surface area contributed by atoms with E-state index < -0.39 is 6.61 Å². The van der Waals surface area contributed by atoms with Gasteiger partial charge in [0.25, 0.3) is 0 Å². The van der Waals surface area contributed by atoms with Gasteiger partial charge in [0, 0.05) is 12.1 Å². The van der Waals surface area contributed by atoms with Crippen molar-refractivity contribution >= 4 is 0 Å². The predicted molar refractivity (Wildman–Crippen MR) is 90.7 cm³/mol. The van der Waals surface area contributed by atoms with Gasteiger partial charge in [0.15, 0.2) is 0 Å². The number of ether oxygens (including phenoxy) is 2. The summed E-state index contributed by atoms with van der Waals surface area (Å²) in [4.78, 5) is 2.11. The van der Waals surface area contributed by atoms with Crippen molar-refractivity contribution in [3.05, 3.63) is 59.7 Å². The topological polar surface area (TPSA) is 21.7 Å². The van der Waals surface area contributed by atoms with E-state index in [-0.39, 0.29) is 5.75 Å². The van der Waals surface area contributed by atoms with E-state index in [1.165, 1.54) is 5.56 Å². The molecule has 130 valence electrons. The molecule has 2 aromatic rings. The van der Waals surface area contributed by atoms with Crippen LogP contribution in [0.2, 0.25) is 0 Å². The maximum Gasteiger partial charge on any atom is 0.387 e. The summed E-state index contributed by atoms with van der Waals surface area (Å²) < 4.78 is 34.6. The van der Waals surface area contributed by atoms with Crippen LogP contribution in [0.4, 0.5) is 8.78 Å². The number of methoxy groups -OCH3 is 1. The van der Waals surface area contributed by atoms with Crippen molar-refractivity contribution in [1.82, 2.24) is 4.90 Å². The number of rotatable bonds is 9. The number of nitrogens with zero attached hydrogens (tertiary/aromatic N) is 1. The zero-order chi connectivity index (χ0) is 17.4. The third kappa shape index (κ3) is 5.81.